The molecule has 0 fully saturated rings. The van der Waals surface area contributed by atoms with Crippen LogP contribution in [0.3, 0.4) is 0 Å². The maximum absolute atomic E-state index is 5.91. The molecule has 8 heteroatoms. The lowest BCUT2D eigenvalue weighted by Crippen LogP contribution is -2.42. The molecule has 0 amide bonds. The summed E-state index contributed by atoms with van der Waals surface area (Å²) in [4.78, 5) is 5.88. The number of halogens is 1. The van der Waals surface area contributed by atoms with Crippen molar-refractivity contribution in [2.45, 2.75) is 44.7 Å². The molecule has 0 bridgehead atoms. The van der Waals surface area contributed by atoms with E-state index in [1.54, 1.807) is 18.1 Å². The lowest BCUT2D eigenvalue weighted by Gasteiger charge is -2.15. The molecule has 2 aromatic rings. The van der Waals surface area contributed by atoms with Crippen LogP contribution >= 0.6 is 23.4 Å². The molecule has 0 aliphatic rings. The van der Waals surface area contributed by atoms with Crippen LogP contribution in [0.25, 0.3) is 0 Å². The number of aromatic nitrogens is 3. The Bertz CT molecular complexity index is 683. The van der Waals surface area contributed by atoms with Crippen molar-refractivity contribution in [2.24, 2.45) is 4.99 Å². The molecule has 6 nitrogen and oxygen atoms in total. The Morgan fingerprint density at radius 2 is 2.08 bits per heavy atom. The first kappa shape index (κ1) is 20.6. The molecule has 0 saturated carbocycles. The molecule has 0 atom stereocenters. The van der Waals surface area contributed by atoms with Crippen molar-refractivity contribution < 1.29 is 0 Å². The molecule has 1 aromatic carbocycles. The highest BCUT2D eigenvalue weighted by Gasteiger charge is 2.03. The minimum atomic E-state index is 0.325. The van der Waals surface area contributed by atoms with Gasteiger partial charge in [-0.1, -0.05) is 18.5 Å². The number of benzene rings is 1. The molecular weight excluding hydrogens is 368 g/mol. The summed E-state index contributed by atoms with van der Waals surface area (Å²) in [6.45, 7) is 8.58. The van der Waals surface area contributed by atoms with E-state index in [-0.39, 0.29) is 0 Å². The SMILES string of the molecule is CCc1nncn1CCN=C(NCCSc1ccc(Cl)cc1)NC(C)C. The second-order valence-corrected chi connectivity index (χ2v) is 7.66. The van der Waals surface area contributed by atoms with Crippen molar-refractivity contribution in [3.63, 3.8) is 0 Å². The summed E-state index contributed by atoms with van der Waals surface area (Å²) in [5.41, 5.74) is 0. The second kappa shape index (κ2) is 11.1. The standard InChI is InChI=1S/C18H27ClN6S/c1-4-17-24-22-13-25(17)11-9-20-18(23-14(2)3)21-10-12-26-16-7-5-15(19)6-8-16/h5-8,13-14H,4,9-12H2,1-3H3,(H2,20,21,23). The summed E-state index contributed by atoms with van der Waals surface area (Å²) >= 11 is 7.70. The van der Waals surface area contributed by atoms with Crippen LogP contribution in [0, 0.1) is 0 Å². The van der Waals surface area contributed by atoms with Crippen LogP contribution in [0.15, 0.2) is 40.5 Å². The van der Waals surface area contributed by atoms with Gasteiger partial charge in [-0.15, -0.1) is 22.0 Å². The minimum absolute atomic E-state index is 0.325. The average molecular weight is 395 g/mol. The van der Waals surface area contributed by atoms with Crippen LogP contribution in [0.5, 0.6) is 0 Å². The Balaban J connectivity index is 1.79. The normalized spacial score (nSPS) is 11.8. The highest BCUT2D eigenvalue weighted by atomic mass is 35.5. The number of thioether (sulfide) groups is 1. The zero-order chi connectivity index (χ0) is 18.8. The van der Waals surface area contributed by atoms with Gasteiger partial charge in [0.1, 0.15) is 12.2 Å². The molecule has 0 unspecified atom stereocenters. The zero-order valence-corrected chi connectivity index (χ0v) is 17.1. The molecule has 0 spiro atoms. The average Bonchev–Trinajstić information content (AvgIpc) is 3.07. The topological polar surface area (TPSA) is 67.1 Å². The first-order chi connectivity index (χ1) is 12.6. The van der Waals surface area contributed by atoms with E-state index in [0.717, 1.165) is 42.1 Å². The predicted molar refractivity (Wildman–Crippen MR) is 110 cm³/mol. The van der Waals surface area contributed by atoms with Crippen LogP contribution in [0.4, 0.5) is 0 Å². The van der Waals surface area contributed by atoms with Crippen molar-refractivity contribution >= 4 is 29.3 Å². The number of nitrogens with zero attached hydrogens (tertiary/aromatic N) is 4. The van der Waals surface area contributed by atoms with Gasteiger partial charge in [0, 0.05) is 41.2 Å². The summed E-state index contributed by atoms with van der Waals surface area (Å²) in [6.07, 6.45) is 2.64. The quantitative estimate of drug-likeness (QED) is 0.296. The van der Waals surface area contributed by atoms with E-state index < -0.39 is 0 Å². The van der Waals surface area contributed by atoms with Gasteiger partial charge in [-0.25, -0.2) is 0 Å². The number of aryl methyl sites for hydroxylation is 1. The molecule has 2 N–H and O–H groups in total. The smallest absolute Gasteiger partial charge is 0.191 e. The van der Waals surface area contributed by atoms with Crippen molar-refractivity contribution in [3.8, 4) is 0 Å². The largest absolute Gasteiger partial charge is 0.356 e. The van der Waals surface area contributed by atoms with Crippen molar-refractivity contribution in [3.05, 3.63) is 41.4 Å². The summed E-state index contributed by atoms with van der Waals surface area (Å²) in [6, 6.07) is 8.24. The Hall–Kier alpha value is -1.73. The highest BCUT2D eigenvalue weighted by molar-refractivity contribution is 7.99. The monoisotopic (exact) mass is 394 g/mol. The Labute approximate surface area is 164 Å². The van der Waals surface area contributed by atoms with Crippen molar-refractivity contribution in [2.75, 3.05) is 18.8 Å². The fourth-order valence-corrected chi connectivity index (χ4v) is 3.20. The predicted octanol–water partition coefficient (Wildman–Crippen LogP) is 3.23. The first-order valence-electron chi connectivity index (χ1n) is 8.88. The van der Waals surface area contributed by atoms with E-state index in [2.05, 4.69) is 46.6 Å². The Morgan fingerprint density at radius 1 is 1.31 bits per heavy atom. The lowest BCUT2D eigenvalue weighted by molar-refractivity contribution is 0.653. The summed E-state index contributed by atoms with van der Waals surface area (Å²) in [7, 11) is 0. The van der Waals surface area contributed by atoms with Gasteiger partial charge in [0.2, 0.25) is 0 Å². The first-order valence-corrected chi connectivity index (χ1v) is 10.2. The summed E-state index contributed by atoms with van der Waals surface area (Å²) in [5, 5.41) is 15.6. The second-order valence-electron chi connectivity index (χ2n) is 6.05. The van der Waals surface area contributed by atoms with Gasteiger partial charge < -0.3 is 15.2 Å². The van der Waals surface area contributed by atoms with Crippen LogP contribution in [0.1, 0.15) is 26.6 Å². The molecule has 0 aliphatic heterocycles. The molecule has 2 rings (SSSR count). The third-order valence-electron chi connectivity index (χ3n) is 3.53. The van der Waals surface area contributed by atoms with Crippen LogP contribution < -0.4 is 10.6 Å². The molecule has 142 valence electrons. The third kappa shape index (κ3) is 7.25. The highest BCUT2D eigenvalue weighted by Crippen LogP contribution is 2.19. The van der Waals surface area contributed by atoms with Gasteiger partial charge in [-0.05, 0) is 38.1 Å². The molecular formula is C18H27ClN6S. The van der Waals surface area contributed by atoms with Gasteiger partial charge in [-0.3, -0.25) is 4.99 Å². The van der Waals surface area contributed by atoms with Gasteiger partial charge in [0.05, 0.1) is 6.54 Å². The summed E-state index contributed by atoms with van der Waals surface area (Å²) < 4.78 is 2.05. The van der Waals surface area contributed by atoms with Gasteiger partial charge in [0.15, 0.2) is 5.96 Å². The number of hydrogen-bond donors (Lipinski definition) is 2. The molecule has 0 radical (unpaired) electrons. The van der Waals surface area contributed by atoms with Gasteiger partial charge >= 0.3 is 0 Å². The van der Waals surface area contributed by atoms with Crippen molar-refractivity contribution in [1.29, 1.82) is 0 Å². The van der Waals surface area contributed by atoms with E-state index in [0.29, 0.717) is 12.6 Å². The number of aliphatic imine (C=N–C) groups is 1. The molecule has 0 saturated heterocycles. The molecule has 1 aromatic heterocycles. The summed E-state index contributed by atoms with van der Waals surface area (Å²) in [5.74, 6) is 2.78. The number of guanidine groups is 1. The zero-order valence-electron chi connectivity index (χ0n) is 15.6. The maximum atomic E-state index is 5.91. The van der Waals surface area contributed by atoms with Gasteiger partial charge in [-0.2, -0.15) is 0 Å². The van der Waals surface area contributed by atoms with E-state index in [4.69, 9.17) is 11.6 Å². The lowest BCUT2D eigenvalue weighted by atomic mass is 10.4. The Kier molecular flexibility index (Phi) is 8.77. The molecule has 1 heterocycles. The third-order valence-corrected chi connectivity index (χ3v) is 4.79. The van der Waals surface area contributed by atoms with Gasteiger partial charge in [0.25, 0.3) is 0 Å². The number of hydrogen-bond acceptors (Lipinski definition) is 4. The van der Waals surface area contributed by atoms with Crippen molar-refractivity contribution in [1.82, 2.24) is 25.4 Å². The molecule has 0 aliphatic carbocycles. The number of nitrogens with one attached hydrogen (secondary N) is 2. The van der Waals surface area contributed by atoms with E-state index in [1.165, 1.54) is 4.90 Å². The van der Waals surface area contributed by atoms with E-state index >= 15 is 0 Å². The van der Waals surface area contributed by atoms with E-state index in [1.807, 2.05) is 28.8 Å². The molecule has 26 heavy (non-hydrogen) atoms. The Morgan fingerprint density at radius 3 is 2.77 bits per heavy atom. The minimum Gasteiger partial charge on any atom is -0.356 e. The number of rotatable bonds is 9. The van der Waals surface area contributed by atoms with Crippen LogP contribution in [-0.4, -0.2) is 45.6 Å². The maximum Gasteiger partial charge on any atom is 0.191 e. The van der Waals surface area contributed by atoms with Crippen LogP contribution in [-0.2, 0) is 13.0 Å². The van der Waals surface area contributed by atoms with E-state index in [9.17, 15) is 0 Å². The fourth-order valence-electron chi connectivity index (χ4n) is 2.30. The fraction of sp³-hybridized carbons (Fsp3) is 0.500. The van der Waals surface area contributed by atoms with Crippen LogP contribution in [0.2, 0.25) is 5.02 Å².